The first-order valence-corrected chi connectivity index (χ1v) is 8.93. The summed E-state index contributed by atoms with van der Waals surface area (Å²) < 4.78 is 0. The zero-order valence-electron chi connectivity index (χ0n) is 15.2. The van der Waals surface area contributed by atoms with E-state index < -0.39 is 0 Å². The molecule has 0 heterocycles. The summed E-state index contributed by atoms with van der Waals surface area (Å²) in [5, 5.41) is 1.43. The number of carbonyl (C=O) groups excluding carboxylic acids is 2. The van der Waals surface area contributed by atoms with Crippen molar-refractivity contribution in [2.24, 2.45) is 0 Å². The second-order valence-corrected chi connectivity index (χ2v) is 6.39. The van der Waals surface area contributed by atoms with Gasteiger partial charge in [-0.15, -0.1) is 0 Å². The second kappa shape index (κ2) is 8.81. The maximum absolute atomic E-state index is 13.1. The Bertz CT molecular complexity index is 880. The first-order chi connectivity index (χ1) is 13.1. The van der Waals surface area contributed by atoms with Gasteiger partial charge in [-0.2, -0.15) is 0 Å². The van der Waals surface area contributed by atoms with Gasteiger partial charge in [-0.05, 0) is 43.2 Å². The van der Waals surface area contributed by atoms with Gasteiger partial charge >= 0.3 is 0 Å². The lowest BCUT2D eigenvalue weighted by atomic mass is 10.1. The Morgan fingerprint density at radius 3 is 1.81 bits per heavy atom. The van der Waals surface area contributed by atoms with Crippen LogP contribution in [0.25, 0.3) is 0 Å². The molecule has 3 rings (SSSR count). The molecule has 0 saturated heterocycles. The van der Waals surface area contributed by atoms with E-state index in [1.165, 1.54) is 5.01 Å². The van der Waals surface area contributed by atoms with E-state index in [0.29, 0.717) is 17.5 Å². The molecule has 4 nitrogen and oxygen atoms in total. The summed E-state index contributed by atoms with van der Waals surface area (Å²) in [6, 6.07) is 27.6. The van der Waals surface area contributed by atoms with Crippen molar-refractivity contribution < 1.29 is 9.59 Å². The topological polar surface area (TPSA) is 49.4 Å². The standard InChI is InChI=1S/C23H22N2O2/c1-18(17-19-11-5-2-6-12-19)25(23(27)21-15-9-4-10-16-21)24-22(26)20-13-7-3-8-14-20/h2-16,18H,17H2,1H3,(H,24,26). The van der Waals surface area contributed by atoms with Crippen LogP contribution >= 0.6 is 0 Å². The average Bonchev–Trinajstić information content (AvgIpc) is 2.73. The Labute approximate surface area is 159 Å². The molecule has 0 aromatic heterocycles. The van der Waals surface area contributed by atoms with Crippen LogP contribution in [-0.2, 0) is 6.42 Å². The maximum Gasteiger partial charge on any atom is 0.272 e. The minimum absolute atomic E-state index is 0.215. The van der Waals surface area contributed by atoms with Crippen molar-refractivity contribution >= 4 is 11.8 Å². The summed E-state index contributed by atoms with van der Waals surface area (Å²) in [4.78, 5) is 25.7. The SMILES string of the molecule is CC(Cc1ccccc1)N(NC(=O)c1ccccc1)C(=O)c1ccccc1. The number of carbonyl (C=O) groups is 2. The molecule has 4 heteroatoms. The lowest BCUT2D eigenvalue weighted by molar-refractivity contribution is 0.0498. The summed E-state index contributed by atoms with van der Waals surface area (Å²) in [7, 11) is 0. The van der Waals surface area contributed by atoms with Crippen molar-refractivity contribution in [3.05, 3.63) is 108 Å². The van der Waals surface area contributed by atoms with E-state index in [0.717, 1.165) is 5.56 Å². The van der Waals surface area contributed by atoms with E-state index in [-0.39, 0.29) is 17.9 Å². The van der Waals surface area contributed by atoms with Gasteiger partial charge in [0, 0.05) is 11.1 Å². The molecule has 1 atom stereocenters. The molecular formula is C23H22N2O2. The number of nitrogens with zero attached hydrogens (tertiary/aromatic N) is 1. The van der Waals surface area contributed by atoms with Gasteiger partial charge in [-0.25, -0.2) is 5.01 Å². The summed E-state index contributed by atoms with van der Waals surface area (Å²) in [6.45, 7) is 1.93. The van der Waals surface area contributed by atoms with Gasteiger partial charge in [-0.1, -0.05) is 66.7 Å². The number of hydrazine groups is 1. The van der Waals surface area contributed by atoms with E-state index in [1.54, 1.807) is 36.4 Å². The quantitative estimate of drug-likeness (QED) is 0.698. The predicted molar refractivity (Wildman–Crippen MR) is 106 cm³/mol. The number of benzene rings is 3. The predicted octanol–water partition coefficient (Wildman–Crippen LogP) is 4.11. The summed E-state index contributed by atoms with van der Waals surface area (Å²) in [5.74, 6) is -0.539. The molecule has 1 N–H and O–H groups in total. The van der Waals surface area contributed by atoms with Crippen molar-refractivity contribution in [1.82, 2.24) is 10.4 Å². The van der Waals surface area contributed by atoms with E-state index in [2.05, 4.69) is 5.43 Å². The van der Waals surface area contributed by atoms with E-state index in [9.17, 15) is 9.59 Å². The van der Waals surface area contributed by atoms with Crippen molar-refractivity contribution in [1.29, 1.82) is 0 Å². The van der Waals surface area contributed by atoms with Gasteiger partial charge in [-0.3, -0.25) is 15.0 Å². The van der Waals surface area contributed by atoms with Gasteiger partial charge in [0.25, 0.3) is 11.8 Å². The van der Waals surface area contributed by atoms with Gasteiger partial charge in [0.15, 0.2) is 0 Å². The molecule has 3 aromatic carbocycles. The lowest BCUT2D eigenvalue weighted by Crippen LogP contribution is -2.51. The van der Waals surface area contributed by atoms with Crippen LogP contribution in [0.2, 0.25) is 0 Å². The lowest BCUT2D eigenvalue weighted by Gasteiger charge is -2.30. The van der Waals surface area contributed by atoms with E-state index in [1.807, 2.05) is 61.5 Å². The fourth-order valence-corrected chi connectivity index (χ4v) is 2.89. The zero-order chi connectivity index (χ0) is 19.1. The van der Waals surface area contributed by atoms with Gasteiger partial charge in [0.2, 0.25) is 0 Å². The fraction of sp³-hybridized carbons (Fsp3) is 0.130. The van der Waals surface area contributed by atoms with Crippen LogP contribution < -0.4 is 5.43 Å². The largest absolute Gasteiger partial charge is 0.272 e. The van der Waals surface area contributed by atoms with Gasteiger partial charge in [0.1, 0.15) is 0 Å². The van der Waals surface area contributed by atoms with Crippen LogP contribution in [0.3, 0.4) is 0 Å². The average molecular weight is 358 g/mol. The highest BCUT2D eigenvalue weighted by Gasteiger charge is 2.24. The first-order valence-electron chi connectivity index (χ1n) is 8.93. The Morgan fingerprint density at radius 1 is 0.778 bits per heavy atom. The second-order valence-electron chi connectivity index (χ2n) is 6.39. The Kier molecular flexibility index (Phi) is 6.00. The summed E-state index contributed by atoms with van der Waals surface area (Å²) >= 11 is 0. The van der Waals surface area contributed by atoms with Crippen LogP contribution in [0.4, 0.5) is 0 Å². The third-order valence-corrected chi connectivity index (χ3v) is 4.31. The molecule has 0 aliphatic carbocycles. The Hall–Kier alpha value is -3.40. The molecular weight excluding hydrogens is 336 g/mol. The molecule has 0 spiro atoms. The highest BCUT2D eigenvalue weighted by Crippen LogP contribution is 2.12. The Morgan fingerprint density at radius 2 is 1.26 bits per heavy atom. The third kappa shape index (κ3) is 4.82. The molecule has 0 fully saturated rings. The van der Waals surface area contributed by atoms with Crippen LogP contribution in [0.1, 0.15) is 33.2 Å². The highest BCUT2D eigenvalue weighted by atomic mass is 16.2. The van der Waals surface area contributed by atoms with Crippen LogP contribution in [0, 0.1) is 0 Å². The van der Waals surface area contributed by atoms with Crippen LogP contribution in [0.5, 0.6) is 0 Å². The van der Waals surface area contributed by atoms with Crippen LogP contribution in [-0.4, -0.2) is 22.9 Å². The zero-order valence-corrected chi connectivity index (χ0v) is 15.2. The molecule has 0 aliphatic rings. The number of nitrogens with one attached hydrogen (secondary N) is 1. The number of rotatable bonds is 5. The highest BCUT2D eigenvalue weighted by molar-refractivity contribution is 5.99. The minimum Gasteiger partial charge on any atom is -0.267 e. The monoisotopic (exact) mass is 358 g/mol. The molecule has 0 saturated carbocycles. The molecule has 136 valence electrons. The molecule has 3 aromatic rings. The normalized spacial score (nSPS) is 11.4. The smallest absolute Gasteiger partial charge is 0.267 e. The maximum atomic E-state index is 13.1. The molecule has 1 unspecified atom stereocenters. The van der Waals surface area contributed by atoms with Crippen molar-refractivity contribution in [3.63, 3.8) is 0 Å². The van der Waals surface area contributed by atoms with Crippen molar-refractivity contribution in [2.45, 2.75) is 19.4 Å². The minimum atomic E-state index is -0.306. The molecule has 2 amide bonds. The van der Waals surface area contributed by atoms with E-state index in [4.69, 9.17) is 0 Å². The van der Waals surface area contributed by atoms with Gasteiger partial charge in [0.05, 0.1) is 6.04 Å². The van der Waals surface area contributed by atoms with Crippen LogP contribution in [0.15, 0.2) is 91.0 Å². The Balaban J connectivity index is 1.84. The van der Waals surface area contributed by atoms with Crippen molar-refractivity contribution in [3.8, 4) is 0 Å². The van der Waals surface area contributed by atoms with Crippen molar-refractivity contribution in [2.75, 3.05) is 0 Å². The number of amides is 2. The number of hydrogen-bond donors (Lipinski definition) is 1. The van der Waals surface area contributed by atoms with Gasteiger partial charge < -0.3 is 0 Å². The molecule has 0 bridgehead atoms. The van der Waals surface area contributed by atoms with E-state index >= 15 is 0 Å². The fourth-order valence-electron chi connectivity index (χ4n) is 2.89. The molecule has 0 aliphatic heterocycles. The molecule has 27 heavy (non-hydrogen) atoms. The third-order valence-electron chi connectivity index (χ3n) is 4.31. The number of hydrogen-bond acceptors (Lipinski definition) is 2. The first kappa shape index (κ1) is 18.4. The summed E-state index contributed by atoms with van der Waals surface area (Å²) in [6.07, 6.45) is 0.633. The summed E-state index contributed by atoms with van der Waals surface area (Å²) in [5.41, 5.74) is 4.94. The molecule has 0 radical (unpaired) electrons.